The molecule has 17 nitrogen and oxygen atoms in total. The van der Waals surface area contributed by atoms with Gasteiger partial charge in [0.2, 0.25) is 0 Å². The van der Waals surface area contributed by atoms with Crippen LogP contribution in [0.4, 0.5) is 0 Å². The molecule has 0 aliphatic heterocycles. The number of ether oxygens (including phenoxy) is 4. The molecular weight excluding hydrogens is 1260 g/mol. The van der Waals surface area contributed by atoms with Gasteiger partial charge in [0.25, 0.3) is 0 Å². The largest absolute Gasteiger partial charge is 0.472 e. The molecule has 19 heteroatoms. The van der Waals surface area contributed by atoms with Gasteiger partial charge in [-0.25, -0.2) is 9.13 Å². The maximum atomic E-state index is 13.1. The van der Waals surface area contributed by atoms with E-state index in [1.807, 2.05) is 0 Å². The van der Waals surface area contributed by atoms with Crippen LogP contribution in [0.15, 0.2) is 109 Å². The first kappa shape index (κ1) is 91.7. The zero-order chi connectivity index (χ0) is 70.4. The number of esters is 4. The van der Waals surface area contributed by atoms with E-state index in [-0.39, 0.29) is 25.7 Å². The summed E-state index contributed by atoms with van der Waals surface area (Å²) in [4.78, 5) is 72.7. The third-order valence-corrected chi connectivity index (χ3v) is 17.1. The molecule has 0 aromatic rings. The fourth-order valence-corrected chi connectivity index (χ4v) is 11.2. The van der Waals surface area contributed by atoms with Gasteiger partial charge in [-0.1, -0.05) is 259 Å². The van der Waals surface area contributed by atoms with E-state index in [0.717, 1.165) is 167 Å². The Balaban J connectivity index is 5.37. The summed E-state index contributed by atoms with van der Waals surface area (Å²) in [6, 6.07) is 0. The van der Waals surface area contributed by atoms with Crippen molar-refractivity contribution in [1.82, 2.24) is 0 Å². The zero-order valence-electron chi connectivity index (χ0n) is 60.0. The number of phosphoric acid groups is 2. The summed E-state index contributed by atoms with van der Waals surface area (Å²) < 4.78 is 68.3. The highest BCUT2D eigenvalue weighted by Gasteiger charge is 2.30. The molecule has 0 aromatic heterocycles. The van der Waals surface area contributed by atoms with Crippen LogP contribution >= 0.6 is 15.6 Å². The number of aliphatic hydroxyl groups excluding tert-OH is 1. The predicted molar refractivity (Wildman–Crippen MR) is 390 cm³/mol. The minimum Gasteiger partial charge on any atom is -0.462 e. The van der Waals surface area contributed by atoms with Gasteiger partial charge >= 0.3 is 39.5 Å². The van der Waals surface area contributed by atoms with Crippen LogP contribution in [0.25, 0.3) is 0 Å². The number of hydrogen-bond acceptors (Lipinski definition) is 15. The molecule has 0 aliphatic carbocycles. The van der Waals surface area contributed by atoms with Crippen molar-refractivity contribution in [3.63, 3.8) is 0 Å². The Morgan fingerprint density at radius 3 is 0.875 bits per heavy atom. The van der Waals surface area contributed by atoms with Crippen molar-refractivity contribution in [2.24, 2.45) is 0 Å². The number of carbonyl (C=O) groups is 4. The molecular formula is C77H132O17P2. The molecule has 0 heterocycles. The summed E-state index contributed by atoms with van der Waals surface area (Å²) in [5.74, 6) is -2.23. The van der Waals surface area contributed by atoms with Gasteiger partial charge in [0.15, 0.2) is 12.2 Å². The lowest BCUT2D eigenvalue weighted by atomic mass is 10.1. The second-order valence-corrected chi connectivity index (χ2v) is 27.4. The second-order valence-electron chi connectivity index (χ2n) is 24.5. The lowest BCUT2D eigenvalue weighted by Crippen LogP contribution is -2.30. The van der Waals surface area contributed by atoms with Crippen molar-refractivity contribution in [3.05, 3.63) is 109 Å². The van der Waals surface area contributed by atoms with Gasteiger partial charge in [0.1, 0.15) is 19.3 Å². The molecule has 0 rings (SSSR count). The Bertz CT molecular complexity index is 2250. The number of carbonyl (C=O) groups excluding carboxylic acids is 4. The SMILES string of the molecule is CC/C=C\C/C=C\C/C=C\C/C=C\CCCCCCC(=O)OCC(COP(=O)(O)OCC(O)COP(=O)(O)OCC(COC(=O)CCCCCCC/C=C\CCCC)OC(=O)CCCCCCCCCCCCC)OC(=O)CCCCCC/C=C\C/C=C\C/C=C\C/C=C\CC. The van der Waals surface area contributed by atoms with Crippen LogP contribution in [-0.4, -0.2) is 96.7 Å². The van der Waals surface area contributed by atoms with Crippen LogP contribution < -0.4 is 0 Å². The summed E-state index contributed by atoms with van der Waals surface area (Å²) in [6.45, 7) is 4.53. The molecule has 0 radical (unpaired) electrons. The summed E-state index contributed by atoms with van der Waals surface area (Å²) in [7, 11) is -9.95. The van der Waals surface area contributed by atoms with Crippen LogP contribution in [0, 0.1) is 0 Å². The van der Waals surface area contributed by atoms with Crippen LogP contribution in [0.5, 0.6) is 0 Å². The van der Waals surface area contributed by atoms with Gasteiger partial charge in [0, 0.05) is 25.7 Å². The van der Waals surface area contributed by atoms with E-state index in [1.165, 1.54) is 51.4 Å². The van der Waals surface area contributed by atoms with Crippen molar-refractivity contribution < 1.29 is 80.2 Å². The van der Waals surface area contributed by atoms with E-state index < -0.39 is 97.5 Å². The molecule has 0 aliphatic rings. The number of phosphoric ester groups is 2. The first-order valence-corrected chi connectivity index (χ1v) is 40.1. The summed E-state index contributed by atoms with van der Waals surface area (Å²) >= 11 is 0. The van der Waals surface area contributed by atoms with Crippen LogP contribution in [0.2, 0.25) is 0 Å². The first-order valence-electron chi connectivity index (χ1n) is 37.1. The standard InChI is InChI=1S/C77H132O17P2/c1-5-9-13-17-21-25-29-31-33-35-37-39-43-46-50-54-58-62-75(80)88-68-73(94-77(82)64-60-56-52-48-44-40-38-36-34-32-30-26-22-18-14-10-6-2)70-92-96(85,86)90-66-71(78)65-89-95(83,84)91-69-72(93-76(81)63-59-55-51-47-42-28-24-20-16-12-8-4)67-87-74(79)61-57-53-49-45-41-27-23-19-15-11-7-3/h9-10,13-14,19,21-23,25-26,31-34,37-40,71-73,78H,5-8,11-12,15-18,20,24,27-30,35-36,41-70H2,1-4H3,(H,83,84)(H,85,86)/b13-9-,14-10-,23-19-,25-21-,26-22-,33-31-,34-32-,39-37-,40-38-. The Hall–Kier alpha value is -4.28. The maximum absolute atomic E-state index is 13.1. The summed E-state index contributed by atoms with van der Waals surface area (Å²) in [6.07, 6.45) is 72.3. The van der Waals surface area contributed by atoms with Crippen molar-refractivity contribution in [1.29, 1.82) is 0 Å². The van der Waals surface area contributed by atoms with Crippen molar-refractivity contribution >= 4 is 39.5 Å². The predicted octanol–water partition coefficient (Wildman–Crippen LogP) is 21.0. The van der Waals surface area contributed by atoms with E-state index in [9.17, 15) is 43.2 Å². The molecule has 96 heavy (non-hydrogen) atoms. The lowest BCUT2D eigenvalue weighted by Gasteiger charge is -2.21. The number of aliphatic hydroxyl groups is 1. The van der Waals surface area contributed by atoms with E-state index in [2.05, 4.69) is 137 Å². The van der Waals surface area contributed by atoms with Crippen molar-refractivity contribution in [3.8, 4) is 0 Å². The first-order chi connectivity index (χ1) is 46.7. The number of unbranched alkanes of at least 4 members (excludes halogenated alkanes) is 25. The minimum absolute atomic E-state index is 0.0597. The van der Waals surface area contributed by atoms with Crippen molar-refractivity contribution in [2.75, 3.05) is 39.6 Å². The highest BCUT2D eigenvalue weighted by Crippen LogP contribution is 2.45. The maximum Gasteiger partial charge on any atom is 0.472 e. The normalized spacial score (nSPS) is 14.6. The average Bonchev–Trinajstić information content (AvgIpc) is 1.85. The molecule has 5 atom stereocenters. The van der Waals surface area contributed by atoms with Gasteiger partial charge < -0.3 is 33.8 Å². The summed E-state index contributed by atoms with van der Waals surface area (Å²) in [5.41, 5.74) is 0. The fourth-order valence-electron chi connectivity index (χ4n) is 9.59. The minimum atomic E-state index is -4.99. The van der Waals surface area contributed by atoms with E-state index in [4.69, 9.17) is 37.0 Å². The third kappa shape index (κ3) is 68.3. The highest BCUT2D eigenvalue weighted by molar-refractivity contribution is 7.47. The van der Waals surface area contributed by atoms with Crippen LogP contribution in [0.1, 0.15) is 297 Å². The molecule has 0 amide bonds. The number of hydrogen-bond donors (Lipinski definition) is 3. The Morgan fingerprint density at radius 2 is 0.552 bits per heavy atom. The number of allylic oxidation sites excluding steroid dienone is 18. The third-order valence-electron chi connectivity index (χ3n) is 15.2. The van der Waals surface area contributed by atoms with Crippen LogP contribution in [-0.2, 0) is 65.4 Å². The monoisotopic (exact) mass is 1390 g/mol. The molecule has 0 aromatic carbocycles. The van der Waals surface area contributed by atoms with Crippen molar-refractivity contribution in [2.45, 2.75) is 316 Å². The molecule has 0 bridgehead atoms. The molecule has 552 valence electrons. The molecule has 0 spiro atoms. The molecule has 5 unspecified atom stereocenters. The Kier molecular flexibility index (Phi) is 66.1. The Morgan fingerprint density at radius 1 is 0.302 bits per heavy atom. The van der Waals surface area contributed by atoms with Gasteiger partial charge in [-0.2, -0.15) is 0 Å². The zero-order valence-corrected chi connectivity index (χ0v) is 61.8. The van der Waals surface area contributed by atoms with Gasteiger partial charge in [0.05, 0.1) is 26.4 Å². The Labute approximate surface area is 581 Å². The summed E-state index contributed by atoms with van der Waals surface area (Å²) in [5, 5.41) is 10.6. The molecule has 3 N–H and O–H groups in total. The number of rotatable bonds is 69. The van der Waals surface area contributed by atoms with Gasteiger partial charge in [-0.3, -0.25) is 37.3 Å². The molecule has 0 fully saturated rings. The van der Waals surface area contributed by atoms with E-state index in [0.29, 0.717) is 25.7 Å². The highest BCUT2D eigenvalue weighted by atomic mass is 31.2. The second kappa shape index (κ2) is 69.2. The molecule has 0 saturated carbocycles. The quantitative estimate of drug-likeness (QED) is 0.0169. The van der Waals surface area contributed by atoms with E-state index in [1.54, 1.807) is 0 Å². The fraction of sp³-hybridized carbons (Fsp3) is 0.714. The topological polar surface area (TPSA) is 237 Å². The lowest BCUT2D eigenvalue weighted by molar-refractivity contribution is -0.161. The van der Waals surface area contributed by atoms with Crippen LogP contribution in [0.3, 0.4) is 0 Å². The molecule has 0 saturated heterocycles. The average molecular weight is 1390 g/mol. The smallest absolute Gasteiger partial charge is 0.462 e. The van der Waals surface area contributed by atoms with Gasteiger partial charge in [-0.15, -0.1) is 0 Å². The van der Waals surface area contributed by atoms with Gasteiger partial charge in [-0.05, 0) is 122 Å². The van der Waals surface area contributed by atoms with E-state index >= 15 is 0 Å².